The normalized spacial score (nSPS) is 14.9. The zero-order valence-corrected chi connectivity index (χ0v) is 16.8. The number of halogens is 4. The first-order chi connectivity index (χ1) is 12.0. The van der Waals surface area contributed by atoms with Crippen LogP contribution in [0.1, 0.15) is 18.4 Å². The van der Waals surface area contributed by atoms with E-state index in [-0.39, 0.29) is 36.3 Å². The van der Waals surface area contributed by atoms with E-state index in [0.717, 1.165) is 19.4 Å². The second kappa shape index (κ2) is 11.3. The van der Waals surface area contributed by atoms with Gasteiger partial charge in [0.1, 0.15) is 5.75 Å². The van der Waals surface area contributed by atoms with Crippen LogP contribution in [0.2, 0.25) is 0 Å². The summed E-state index contributed by atoms with van der Waals surface area (Å²) in [7, 11) is 1.61. The number of para-hydroxylation sites is 1. The minimum Gasteiger partial charge on any atom is -0.405 e. The van der Waals surface area contributed by atoms with E-state index >= 15 is 0 Å². The van der Waals surface area contributed by atoms with Crippen molar-refractivity contribution in [3.05, 3.63) is 41.5 Å². The Balaban J connectivity index is 0.00000338. The van der Waals surface area contributed by atoms with Crippen molar-refractivity contribution in [2.45, 2.75) is 25.7 Å². The highest BCUT2D eigenvalue weighted by atomic mass is 127. The molecule has 0 unspecified atom stereocenters. The van der Waals surface area contributed by atoms with Crippen molar-refractivity contribution >= 4 is 29.9 Å². The zero-order valence-electron chi connectivity index (χ0n) is 14.4. The molecule has 0 bridgehead atoms. The molecule has 0 amide bonds. The first-order valence-corrected chi connectivity index (χ1v) is 8.02. The lowest BCUT2D eigenvalue weighted by atomic mass is 10.1. The molecule has 1 aliphatic heterocycles. The fourth-order valence-electron chi connectivity index (χ4n) is 2.41. The average molecular weight is 485 g/mol. The van der Waals surface area contributed by atoms with Gasteiger partial charge in [0.25, 0.3) is 0 Å². The molecule has 0 spiro atoms. The maximum atomic E-state index is 12.4. The largest absolute Gasteiger partial charge is 0.573 e. The maximum Gasteiger partial charge on any atom is 0.573 e. The van der Waals surface area contributed by atoms with Crippen molar-refractivity contribution in [1.29, 1.82) is 0 Å². The molecule has 1 aromatic rings. The van der Waals surface area contributed by atoms with Gasteiger partial charge in [0.2, 0.25) is 0 Å². The van der Waals surface area contributed by atoms with Crippen LogP contribution in [0, 0.1) is 0 Å². The van der Waals surface area contributed by atoms with Crippen LogP contribution in [-0.2, 0) is 11.3 Å². The van der Waals surface area contributed by atoms with Crippen molar-refractivity contribution in [1.82, 2.24) is 10.6 Å². The van der Waals surface area contributed by atoms with Gasteiger partial charge >= 0.3 is 6.36 Å². The van der Waals surface area contributed by atoms with Crippen LogP contribution in [0.4, 0.5) is 13.2 Å². The standard InChI is InChI=1S/C17H22F3N3O2.HI/c1-21-16(22-9-6-13-7-10-24-11-8-13)23-12-14-4-2-3-5-15(14)25-17(18,19)20;/h2-5,7H,6,8-12H2,1H3,(H2,21,22,23);1H. The van der Waals surface area contributed by atoms with Crippen LogP contribution in [0.25, 0.3) is 0 Å². The van der Waals surface area contributed by atoms with Crippen molar-refractivity contribution in [2.24, 2.45) is 4.99 Å². The number of hydrogen-bond donors (Lipinski definition) is 2. The first kappa shape index (κ1) is 22.6. The Morgan fingerprint density at radius 2 is 2.04 bits per heavy atom. The summed E-state index contributed by atoms with van der Waals surface area (Å²) in [6, 6.07) is 6.03. The van der Waals surface area contributed by atoms with Crippen molar-refractivity contribution in [3.8, 4) is 5.75 Å². The quantitative estimate of drug-likeness (QED) is 0.280. The zero-order chi connectivity index (χ0) is 18.1. The summed E-state index contributed by atoms with van der Waals surface area (Å²) in [6.07, 6.45) is -0.840. The molecule has 1 aromatic carbocycles. The number of rotatable bonds is 6. The Morgan fingerprint density at radius 1 is 1.27 bits per heavy atom. The Kier molecular flexibility index (Phi) is 9.78. The fourth-order valence-corrected chi connectivity index (χ4v) is 2.41. The van der Waals surface area contributed by atoms with Gasteiger partial charge in [-0.2, -0.15) is 0 Å². The molecule has 1 heterocycles. The summed E-state index contributed by atoms with van der Waals surface area (Å²) in [5.74, 6) is 0.305. The van der Waals surface area contributed by atoms with Crippen molar-refractivity contribution < 1.29 is 22.6 Å². The lowest BCUT2D eigenvalue weighted by Crippen LogP contribution is -2.37. The van der Waals surface area contributed by atoms with E-state index in [4.69, 9.17) is 4.74 Å². The molecule has 0 atom stereocenters. The molecule has 0 fully saturated rings. The summed E-state index contributed by atoms with van der Waals surface area (Å²) < 4.78 is 46.6. The SMILES string of the molecule is CN=C(NCCC1=CCOCC1)NCc1ccccc1OC(F)(F)F.I. The summed E-state index contributed by atoms with van der Waals surface area (Å²) in [6.45, 7) is 2.25. The van der Waals surface area contributed by atoms with Crippen molar-refractivity contribution in [2.75, 3.05) is 26.8 Å². The van der Waals surface area contributed by atoms with Gasteiger partial charge in [-0.25, -0.2) is 0 Å². The van der Waals surface area contributed by atoms with E-state index in [1.807, 2.05) is 0 Å². The Morgan fingerprint density at radius 3 is 2.69 bits per heavy atom. The molecule has 0 saturated heterocycles. The lowest BCUT2D eigenvalue weighted by Gasteiger charge is -2.17. The Hall–Kier alpha value is -1.49. The average Bonchev–Trinajstić information content (AvgIpc) is 2.58. The third kappa shape index (κ3) is 8.26. The minimum atomic E-state index is -4.71. The molecular weight excluding hydrogens is 462 g/mol. The smallest absolute Gasteiger partial charge is 0.405 e. The molecular formula is C17H23F3IN3O2. The van der Waals surface area contributed by atoms with Crippen LogP contribution < -0.4 is 15.4 Å². The van der Waals surface area contributed by atoms with E-state index in [1.165, 1.54) is 17.7 Å². The summed E-state index contributed by atoms with van der Waals surface area (Å²) in [5.41, 5.74) is 1.73. The number of guanidine groups is 1. The fraction of sp³-hybridized carbons (Fsp3) is 0.471. The van der Waals surface area contributed by atoms with E-state index in [2.05, 4.69) is 26.4 Å². The molecule has 2 rings (SSSR count). The van der Waals surface area contributed by atoms with E-state index in [1.54, 1.807) is 19.2 Å². The Labute approximate surface area is 168 Å². The van der Waals surface area contributed by atoms with Gasteiger partial charge in [-0.3, -0.25) is 4.99 Å². The van der Waals surface area contributed by atoms with Crippen LogP contribution in [-0.4, -0.2) is 39.1 Å². The molecule has 26 heavy (non-hydrogen) atoms. The van der Waals surface area contributed by atoms with Crippen LogP contribution in [0.5, 0.6) is 5.75 Å². The highest BCUT2D eigenvalue weighted by molar-refractivity contribution is 14.0. The molecule has 0 radical (unpaired) electrons. The topological polar surface area (TPSA) is 54.9 Å². The van der Waals surface area contributed by atoms with Gasteiger partial charge in [0, 0.05) is 25.7 Å². The Bertz CT molecular complexity index is 622. The monoisotopic (exact) mass is 485 g/mol. The summed E-state index contributed by atoms with van der Waals surface area (Å²) in [5, 5.41) is 6.15. The molecule has 2 N–H and O–H groups in total. The predicted octanol–water partition coefficient (Wildman–Crippen LogP) is 3.61. The summed E-state index contributed by atoms with van der Waals surface area (Å²) >= 11 is 0. The summed E-state index contributed by atoms with van der Waals surface area (Å²) in [4.78, 5) is 4.08. The second-order valence-electron chi connectivity index (χ2n) is 5.45. The van der Waals surface area contributed by atoms with Crippen molar-refractivity contribution in [3.63, 3.8) is 0 Å². The van der Waals surface area contributed by atoms with Crippen LogP contribution >= 0.6 is 24.0 Å². The van der Waals surface area contributed by atoms with Gasteiger partial charge in [0.05, 0.1) is 13.2 Å². The van der Waals surface area contributed by atoms with Gasteiger partial charge < -0.3 is 20.1 Å². The lowest BCUT2D eigenvalue weighted by molar-refractivity contribution is -0.274. The number of alkyl halides is 3. The maximum absolute atomic E-state index is 12.4. The molecule has 0 aliphatic carbocycles. The van der Waals surface area contributed by atoms with E-state index in [9.17, 15) is 13.2 Å². The minimum absolute atomic E-state index is 0. The van der Waals surface area contributed by atoms with Gasteiger partial charge in [0.15, 0.2) is 5.96 Å². The molecule has 146 valence electrons. The van der Waals surface area contributed by atoms with Gasteiger partial charge in [-0.05, 0) is 18.9 Å². The molecule has 1 aliphatic rings. The van der Waals surface area contributed by atoms with Crippen LogP contribution in [0.15, 0.2) is 40.9 Å². The number of nitrogens with one attached hydrogen (secondary N) is 2. The third-order valence-electron chi connectivity index (χ3n) is 3.66. The second-order valence-corrected chi connectivity index (χ2v) is 5.45. The van der Waals surface area contributed by atoms with Crippen LogP contribution in [0.3, 0.4) is 0 Å². The third-order valence-corrected chi connectivity index (χ3v) is 3.66. The van der Waals surface area contributed by atoms with Gasteiger partial charge in [-0.1, -0.05) is 29.8 Å². The number of benzene rings is 1. The van der Waals surface area contributed by atoms with Gasteiger partial charge in [-0.15, -0.1) is 37.1 Å². The van der Waals surface area contributed by atoms with E-state index < -0.39 is 6.36 Å². The molecule has 5 nitrogen and oxygen atoms in total. The predicted molar refractivity (Wildman–Crippen MR) is 105 cm³/mol. The molecule has 0 saturated carbocycles. The number of ether oxygens (including phenoxy) is 2. The highest BCUT2D eigenvalue weighted by Crippen LogP contribution is 2.26. The van der Waals surface area contributed by atoms with E-state index in [0.29, 0.717) is 24.7 Å². The number of aliphatic imine (C=N–C) groups is 1. The molecule has 0 aromatic heterocycles. The number of hydrogen-bond acceptors (Lipinski definition) is 3. The first-order valence-electron chi connectivity index (χ1n) is 8.02. The molecule has 9 heteroatoms. The highest BCUT2D eigenvalue weighted by Gasteiger charge is 2.31. The number of nitrogens with zero attached hydrogens (tertiary/aromatic N) is 1.